The summed E-state index contributed by atoms with van der Waals surface area (Å²) in [4.78, 5) is 43.8. The molecular weight excluding hydrogens is 725 g/mol. The first-order chi connectivity index (χ1) is 26.7. The third kappa shape index (κ3) is 7.59. The van der Waals surface area contributed by atoms with Crippen molar-refractivity contribution in [2.45, 2.75) is 145 Å². The molecule has 0 heterocycles. The molecule has 1 amide bonds. The Morgan fingerprint density at radius 2 is 1.43 bits per heavy atom. The minimum atomic E-state index is -0.758. The lowest BCUT2D eigenvalue weighted by Gasteiger charge is -2.72. The van der Waals surface area contributed by atoms with E-state index in [1.165, 1.54) is 11.1 Å². The van der Waals surface area contributed by atoms with Crippen LogP contribution in [-0.2, 0) is 14.3 Å². The van der Waals surface area contributed by atoms with Gasteiger partial charge in [-0.15, -0.1) is 0 Å². The number of benzene rings is 1. The first-order valence-electron chi connectivity index (χ1n) is 22.3. The van der Waals surface area contributed by atoms with Gasteiger partial charge in [0.2, 0.25) is 0 Å². The van der Waals surface area contributed by atoms with Gasteiger partial charge in [0.1, 0.15) is 11.2 Å². The van der Waals surface area contributed by atoms with E-state index in [0.717, 1.165) is 50.5 Å². The highest BCUT2D eigenvalue weighted by Gasteiger charge is 2.71. The molecule has 0 bridgehead atoms. The maximum Gasteiger partial charge on any atom is 0.410 e. The number of hydrogen-bond acceptors (Lipinski definition) is 6. The maximum atomic E-state index is 13.6. The summed E-state index contributed by atoms with van der Waals surface area (Å²) in [6.07, 6.45) is 10.7. The maximum absolute atomic E-state index is 13.6. The fourth-order valence-electron chi connectivity index (χ4n) is 13.9. The third-order valence-electron chi connectivity index (χ3n) is 16.7. The average Bonchev–Trinajstić information content (AvgIpc) is 3.50. The number of carboxylic acids is 1. The van der Waals surface area contributed by atoms with E-state index >= 15 is 0 Å². The Labute approximate surface area is 350 Å². The van der Waals surface area contributed by atoms with Gasteiger partial charge in [-0.2, -0.15) is 0 Å². The number of carbonyl (C=O) groups is 3. The summed E-state index contributed by atoms with van der Waals surface area (Å²) < 4.78 is 11.5. The Hall–Kier alpha value is -3.13. The number of rotatable bonds is 9. The van der Waals surface area contributed by atoms with Gasteiger partial charge in [-0.1, -0.05) is 65.0 Å². The highest BCUT2D eigenvalue weighted by Crippen LogP contribution is 2.77. The summed E-state index contributed by atoms with van der Waals surface area (Å²) in [5.41, 5.74) is 2.28. The normalized spacial score (nSPS) is 35.4. The van der Waals surface area contributed by atoms with Crippen LogP contribution in [0.15, 0.2) is 42.5 Å². The van der Waals surface area contributed by atoms with E-state index in [1.807, 2.05) is 67.8 Å². The summed E-state index contributed by atoms with van der Waals surface area (Å²) in [5.74, 6) is 0.376. The van der Waals surface area contributed by atoms with Crippen LogP contribution in [0.25, 0.3) is 5.57 Å². The molecule has 1 aromatic rings. The standard InChI is InChI=1S/C50H76N2O6/c1-32(31-52(30-29-51(13)14)43(56)58-45(5,6)7)35-21-26-50(42(54)55)28-27-48(11)37(40(35)50)19-20-39-47(10)24-22-36(46(8,9)38(47)23-25-49(39,48)12)33-15-17-34(18-16-33)41(53)57-44(2,3)4/h15-18,22,35,37-40H,1,19-21,23-31H2,2-14H3,(H,54,55)/t35-,37+,38-,39+,40+,47-,48+,49+,50-/m0/s1. The van der Waals surface area contributed by atoms with Gasteiger partial charge in [0.15, 0.2) is 0 Å². The molecule has 8 heteroatoms. The van der Waals surface area contributed by atoms with E-state index < -0.39 is 22.6 Å². The number of ether oxygens (including phenoxy) is 2. The van der Waals surface area contributed by atoms with Crippen molar-refractivity contribution in [3.8, 4) is 0 Å². The van der Waals surface area contributed by atoms with Gasteiger partial charge in [0.05, 0.1) is 11.0 Å². The highest BCUT2D eigenvalue weighted by molar-refractivity contribution is 5.90. The zero-order valence-corrected chi connectivity index (χ0v) is 38.3. The van der Waals surface area contributed by atoms with E-state index in [0.29, 0.717) is 49.9 Å². The molecule has 9 atom stereocenters. The van der Waals surface area contributed by atoms with Gasteiger partial charge in [0.25, 0.3) is 0 Å². The van der Waals surface area contributed by atoms with E-state index in [2.05, 4.69) is 64.3 Å². The quantitative estimate of drug-likeness (QED) is 0.196. The lowest BCUT2D eigenvalue weighted by molar-refractivity contribution is -0.228. The van der Waals surface area contributed by atoms with Crippen LogP contribution in [0, 0.1) is 56.7 Å². The minimum absolute atomic E-state index is 0.00756. The summed E-state index contributed by atoms with van der Waals surface area (Å²) in [7, 11) is 4.01. The van der Waals surface area contributed by atoms with E-state index in [-0.39, 0.29) is 51.5 Å². The number of nitrogens with zero attached hydrogens (tertiary/aromatic N) is 2. The Morgan fingerprint density at radius 1 is 0.793 bits per heavy atom. The van der Waals surface area contributed by atoms with Crippen LogP contribution in [-0.4, -0.2) is 77.9 Å². The lowest BCUT2D eigenvalue weighted by atomic mass is 9.32. The molecular formula is C50H76N2O6. The summed E-state index contributed by atoms with van der Waals surface area (Å²) in [6, 6.07) is 8.04. The van der Waals surface area contributed by atoms with Crippen molar-refractivity contribution in [1.29, 1.82) is 0 Å². The van der Waals surface area contributed by atoms with Gasteiger partial charge in [-0.25, -0.2) is 9.59 Å². The smallest absolute Gasteiger partial charge is 0.410 e. The summed E-state index contributed by atoms with van der Waals surface area (Å²) in [5, 5.41) is 11.1. The molecule has 6 rings (SSSR count). The van der Waals surface area contributed by atoms with Gasteiger partial charge in [0, 0.05) is 19.6 Å². The molecule has 0 aliphatic heterocycles. The van der Waals surface area contributed by atoms with E-state index in [4.69, 9.17) is 9.47 Å². The predicted octanol–water partition coefficient (Wildman–Crippen LogP) is 11.2. The second-order valence-corrected chi connectivity index (χ2v) is 22.8. The molecule has 0 saturated heterocycles. The number of fused-ring (bicyclic) bond motifs is 7. The number of allylic oxidation sites excluding steroid dienone is 2. The molecule has 1 aromatic carbocycles. The predicted molar refractivity (Wildman–Crippen MR) is 232 cm³/mol. The second kappa shape index (κ2) is 15.1. The largest absolute Gasteiger partial charge is 0.481 e. The molecule has 58 heavy (non-hydrogen) atoms. The molecule has 4 saturated carbocycles. The Balaban J connectivity index is 1.28. The lowest BCUT2D eigenvalue weighted by Crippen LogP contribution is -2.66. The van der Waals surface area contributed by atoms with Gasteiger partial charge in [-0.3, -0.25) is 4.79 Å². The monoisotopic (exact) mass is 801 g/mol. The number of amides is 1. The number of hydrogen-bond donors (Lipinski definition) is 1. The zero-order valence-electron chi connectivity index (χ0n) is 38.3. The minimum Gasteiger partial charge on any atom is -0.481 e. The molecule has 4 fully saturated rings. The van der Waals surface area contributed by atoms with Gasteiger partial charge >= 0.3 is 18.0 Å². The van der Waals surface area contributed by atoms with Crippen molar-refractivity contribution < 1.29 is 29.0 Å². The molecule has 5 aliphatic carbocycles. The number of carbonyl (C=O) groups excluding carboxylic acids is 2. The fourth-order valence-corrected chi connectivity index (χ4v) is 13.9. The Bertz CT molecular complexity index is 1800. The third-order valence-corrected chi connectivity index (χ3v) is 16.7. The van der Waals surface area contributed by atoms with Crippen molar-refractivity contribution in [3.63, 3.8) is 0 Å². The molecule has 0 unspecified atom stereocenters. The first kappa shape index (κ1) is 44.4. The molecule has 0 aromatic heterocycles. The number of likely N-dealkylation sites (N-methyl/N-ethyl adjacent to an activating group) is 1. The van der Waals surface area contributed by atoms with Crippen LogP contribution in [0.1, 0.15) is 150 Å². The van der Waals surface area contributed by atoms with Crippen LogP contribution in [0.2, 0.25) is 0 Å². The Morgan fingerprint density at radius 3 is 2.02 bits per heavy atom. The average molecular weight is 801 g/mol. The van der Waals surface area contributed by atoms with Gasteiger partial charge < -0.3 is 24.4 Å². The number of esters is 1. The van der Waals surface area contributed by atoms with Crippen LogP contribution in [0.3, 0.4) is 0 Å². The first-order valence-corrected chi connectivity index (χ1v) is 22.3. The molecule has 5 aliphatic rings. The topological polar surface area (TPSA) is 96.4 Å². The van der Waals surface area contributed by atoms with E-state index in [9.17, 15) is 19.5 Å². The van der Waals surface area contributed by atoms with Crippen LogP contribution < -0.4 is 0 Å². The number of aliphatic carboxylic acids is 1. The van der Waals surface area contributed by atoms with Crippen LogP contribution >= 0.6 is 0 Å². The van der Waals surface area contributed by atoms with Gasteiger partial charge in [-0.05, 0) is 188 Å². The SMILES string of the molecule is C=C(CN(CCN(C)C)C(=O)OC(C)(C)C)[C@@H]1CC[C@]2(C(=O)O)CC[C@]3(C)[C@H](CC[C@@H]4[C@@]5(C)CC=C(c6ccc(C(=O)OC(C)(C)C)cc6)C(C)(C)[C@@H]5CC[C@]43C)[C@@H]12. The van der Waals surface area contributed by atoms with Crippen molar-refractivity contribution >= 4 is 23.6 Å². The molecule has 8 nitrogen and oxygen atoms in total. The van der Waals surface area contributed by atoms with Crippen LogP contribution in [0.4, 0.5) is 4.79 Å². The van der Waals surface area contributed by atoms with Crippen molar-refractivity contribution in [2.75, 3.05) is 33.7 Å². The molecule has 0 spiro atoms. The Kier molecular flexibility index (Phi) is 11.6. The summed E-state index contributed by atoms with van der Waals surface area (Å²) >= 11 is 0. The zero-order chi connectivity index (χ0) is 43.0. The second-order valence-electron chi connectivity index (χ2n) is 22.8. The molecule has 0 radical (unpaired) electrons. The van der Waals surface area contributed by atoms with Crippen molar-refractivity contribution in [1.82, 2.24) is 9.80 Å². The molecule has 322 valence electrons. The molecule has 1 N–H and O–H groups in total. The van der Waals surface area contributed by atoms with Crippen LogP contribution in [0.5, 0.6) is 0 Å². The van der Waals surface area contributed by atoms with E-state index in [1.54, 1.807) is 4.90 Å². The highest BCUT2D eigenvalue weighted by atomic mass is 16.6. The van der Waals surface area contributed by atoms with Crippen molar-refractivity contribution in [2.24, 2.45) is 56.7 Å². The fraction of sp³-hybridized carbons (Fsp3) is 0.740. The van der Waals surface area contributed by atoms with Crippen molar-refractivity contribution in [3.05, 3.63) is 53.6 Å². The number of carboxylic acid groups (broad SMARTS) is 1. The summed E-state index contributed by atoms with van der Waals surface area (Å²) in [6.45, 7) is 30.2.